The Balaban J connectivity index is 1.88. The van der Waals surface area contributed by atoms with Crippen LogP contribution in [0.25, 0.3) is 11.4 Å². The lowest BCUT2D eigenvalue weighted by Gasteiger charge is -2.07. The van der Waals surface area contributed by atoms with Crippen LogP contribution in [0.2, 0.25) is 0 Å². The minimum Gasteiger partial charge on any atom is -0.493 e. The summed E-state index contributed by atoms with van der Waals surface area (Å²) in [6, 6.07) is 5.57. The quantitative estimate of drug-likeness (QED) is 0.867. The zero-order valence-electron chi connectivity index (χ0n) is 11.9. The molecule has 6 heteroatoms. The van der Waals surface area contributed by atoms with Crippen LogP contribution in [0.3, 0.4) is 0 Å². The molecule has 0 saturated carbocycles. The fourth-order valence-electron chi connectivity index (χ4n) is 2.39. The highest BCUT2D eigenvalue weighted by atomic mass is 16.5. The first kappa shape index (κ1) is 13.6. The summed E-state index contributed by atoms with van der Waals surface area (Å²) >= 11 is 0. The summed E-state index contributed by atoms with van der Waals surface area (Å²) in [4.78, 5) is 4.45. The number of nitrogens with two attached hydrogens (primary N) is 1. The van der Waals surface area contributed by atoms with Gasteiger partial charge in [-0.05, 0) is 24.6 Å². The summed E-state index contributed by atoms with van der Waals surface area (Å²) < 4.78 is 15.8. The van der Waals surface area contributed by atoms with Crippen molar-refractivity contribution in [1.29, 1.82) is 0 Å². The third-order valence-corrected chi connectivity index (χ3v) is 3.52. The first-order valence-corrected chi connectivity index (χ1v) is 6.71. The van der Waals surface area contributed by atoms with Crippen molar-refractivity contribution in [3.63, 3.8) is 0 Å². The summed E-state index contributed by atoms with van der Waals surface area (Å²) in [5.74, 6) is 2.50. The Morgan fingerprint density at radius 1 is 1.19 bits per heavy atom. The van der Waals surface area contributed by atoms with Crippen LogP contribution >= 0.6 is 0 Å². The first-order valence-electron chi connectivity index (χ1n) is 6.71. The lowest BCUT2D eigenvalue weighted by molar-refractivity contribution is 0.355. The van der Waals surface area contributed by atoms with Gasteiger partial charge in [-0.1, -0.05) is 17.3 Å². The Kier molecular flexibility index (Phi) is 3.62. The Labute approximate surface area is 122 Å². The van der Waals surface area contributed by atoms with Crippen molar-refractivity contribution in [2.24, 2.45) is 5.73 Å². The Morgan fingerprint density at radius 2 is 2.00 bits per heavy atom. The van der Waals surface area contributed by atoms with Crippen LogP contribution in [0.4, 0.5) is 0 Å². The van der Waals surface area contributed by atoms with E-state index in [1.165, 1.54) is 0 Å². The third kappa shape index (κ3) is 2.62. The van der Waals surface area contributed by atoms with E-state index in [-0.39, 0.29) is 12.0 Å². The molecule has 21 heavy (non-hydrogen) atoms. The van der Waals surface area contributed by atoms with Gasteiger partial charge >= 0.3 is 0 Å². The highest BCUT2D eigenvalue weighted by molar-refractivity contribution is 5.60. The summed E-state index contributed by atoms with van der Waals surface area (Å²) in [5.41, 5.74) is 6.66. The number of methoxy groups -OCH3 is 2. The standard InChI is InChI=1S/C15H17N3O3/c1-19-12-6-4-9(8-13(12)20-2)14-17-15(21-18-14)10-3-5-11(16)7-10/h3-6,8,10-11H,7,16H2,1-2H3. The maximum absolute atomic E-state index is 5.84. The van der Waals surface area contributed by atoms with Crippen molar-refractivity contribution < 1.29 is 14.0 Å². The molecule has 1 aromatic carbocycles. The molecule has 2 atom stereocenters. The fraction of sp³-hybridized carbons (Fsp3) is 0.333. The summed E-state index contributed by atoms with van der Waals surface area (Å²) in [6.07, 6.45) is 4.77. The van der Waals surface area contributed by atoms with Gasteiger partial charge in [0.1, 0.15) is 0 Å². The molecule has 1 aromatic heterocycles. The van der Waals surface area contributed by atoms with Crippen molar-refractivity contribution in [2.45, 2.75) is 18.4 Å². The average molecular weight is 287 g/mol. The van der Waals surface area contributed by atoms with Crippen molar-refractivity contribution in [3.05, 3.63) is 36.2 Å². The molecule has 2 N–H and O–H groups in total. The molecular weight excluding hydrogens is 270 g/mol. The molecule has 0 saturated heterocycles. The van der Waals surface area contributed by atoms with Crippen LogP contribution in [-0.2, 0) is 0 Å². The molecule has 1 aliphatic rings. The second-order valence-electron chi connectivity index (χ2n) is 4.92. The van der Waals surface area contributed by atoms with Gasteiger partial charge in [-0.3, -0.25) is 0 Å². The highest BCUT2D eigenvalue weighted by Crippen LogP contribution is 2.32. The molecule has 6 nitrogen and oxygen atoms in total. The maximum Gasteiger partial charge on any atom is 0.233 e. The van der Waals surface area contributed by atoms with Gasteiger partial charge in [-0.15, -0.1) is 0 Å². The van der Waals surface area contributed by atoms with E-state index in [1.54, 1.807) is 14.2 Å². The van der Waals surface area contributed by atoms with Gasteiger partial charge in [0.25, 0.3) is 0 Å². The topological polar surface area (TPSA) is 83.4 Å². The molecule has 1 aliphatic carbocycles. The van der Waals surface area contributed by atoms with Gasteiger partial charge in [-0.25, -0.2) is 0 Å². The van der Waals surface area contributed by atoms with E-state index in [9.17, 15) is 0 Å². The third-order valence-electron chi connectivity index (χ3n) is 3.52. The lowest BCUT2D eigenvalue weighted by Crippen LogP contribution is -2.14. The van der Waals surface area contributed by atoms with Crippen molar-refractivity contribution in [1.82, 2.24) is 10.1 Å². The van der Waals surface area contributed by atoms with E-state index in [2.05, 4.69) is 10.1 Å². The van der Waals surface area contributed by atoms with Crippen molar-refractivity contribution in [2.75, 3.05) is 14.2 Å². The Bertz CT molecular complexity index is 666. The molecular formula is C15H17N3O3. The van der Waals surface area contributed by atoms with E-state index < -0.39 is 0 Å². The van der Waals surface area contributed by atoms with Crippen LogP contribution in [0.5, 0.6) is 11.5 Å². The second kappa shape index (κ2) is 5.57. The smallest absolute Gasteiger partial charge is 0.233 e. The number of rotatable bonds is 4. The van der Waals surface area contributed by atoms with E-state index in [4.69, 9.17) is 19.7 Å². The number of hydrogen-bond acceptors (Lipinski definition) is 6. The molecule has 0 radical (unpaired) electrons. The zero-order chi connectivity index (χ0) is 14.8. The molecule has 3 rings (SSSR count). The van der Waals surface area contributed by atoms with Crippen LogP contribution in [-0.4, -0.2) is 30.4 Å². The normalized spacial score (nSPS) is 20.7. The molecule has 0 spiro atoms. The van der Waals surface area contributed by atoms with Crippen LogP contribution in [0.1, 0.15) is 18.2 Å². The van der Waals surface area contributed by atoms with Gasteiger partial charge in [0.05, 0.1) is 20.1 Å². The molecule has 0 aliphatic heterocycles. The first-order chi connectivity index (χ1) is 10.2. The van der Waals surface area contributed by atoms with Crippen LogP contribution in [0.15, 0.2) is 34.9 Å². The van der Waals surface area contributed by atoms with E-state index in [0.29, 0.717) is 23.2 Å². The van der Waals surface area contributed by atoms with E-state index in [1.807, 2.05) is 30.4 Å². The van der Waals surface area contributed by atoms with Crippen molar-refractivity contribution >= 4 is 0 Å². The maximum atomic E-state index is 5.84. The van der Waals surface area contributed by atoms with Gasteiger partial charge in [0.2, 0.25) is 11.7 Å². The number of benzene rings is 1. The van der Waals surface area contributed by atoms with Crippen LogP contribution in [0, 0.1) is 0 Å². The molecule has 2 aromatic rings. The molecule has 2 unspecified atom stereocenters. The minimum absolute atomic E-state index is 0.0615. The molecule has 110 valence electrons. The number of ether oxygens (including phenoxy) is 2. The predicted octanol–water partition coefficient (Wildman–Crippen LogP) is 2.12. The Morgan fingerprint density at radius 3 is 2.67 bits per heavy atom. The number of allylic oxidation sites excluding steroid dienone is 1. The van der Waals surface area contributed by atoms with Crippen LogP contribution < -0.4 is 15.2 Å². The number of aromatic nitrogens is 2. The SMILES string of the molecule is COc1ccc(-c2noc(C3C=CC(N)C3)n2)cc1OC. The zero-order valence-corrected chi connectivity index (χ0v) is 11.9. The average Bonchev–Trinajstić information content (AvgIpc) is 3.15. The predicted molar refractivity (Wildman–Crippen MR) is 77.3 cm³/mol. The van der Waals surface area contributed by atoms with E-state index in [0.717, 1.165) is 12.0 Å². The highest BCUT2D eigenvalue weighted by Gasteiger charge is 2.23. The van der Waals surface area contributed by atoms with Gasteiger partial charge in [0, 0.05) is 11.6 Å². The molecule has 1 heterocycles. The molecule has 0 fully saturated rings. The summed E-state index contributed by atoms with van der Waals surface area (Å²) in [6.45, 7) is 0. The number of hydrogen-bond donors (Lipinski definition) is 1. The monoisotopic (exact) mass is 287 g/mol. The summed E-state index contributed by atoms with van der Waals surface area (Å²) in [5, 5.41) is 4.03. The lowest BCUT2D eigenvalue weighted by atomic mass is 10.1. The van der Waals surface area contributed by atoms with Gasteiger partial charge < -0.3 is 19.7 Å². The molecule has 0 amide bonds. The van der Waals surface area contributed by atoms with Gasteiger partial charge in [-0.2, -0.15) is 4.98 Å². The van der Waals surface area contributed by atoms with Gasteiger partial charge in [0.15, 0.2) is 11.5 Å². The van der Waals surface area contributed by atoms with Crippen molar-refractivity contribution in [3.8, 4) is 22.9 Å². The Hall–Kier alpha value is -2.34. The largest absolute Gasteiger partial charge is 0.493 e. The van der Waals surface area contributed by atoms with E-state index >= 15 is 0 Å². The second-order valence-corrected chi connectivity index (χ2v) is 4.92. The fourth-order valence-corrected chi connectivity index (χ4v) is 2.39. The minimum atomic E-state index is 0.0615. The molecule has 0 bridgehead atoms. The summed E-state index contributed by atoms with van der Waals surface area (Å²) in [7, 11) is 3.19. The number of nitrogens with zero attached hydrogens (tertiary/aromatic N) is 2.